The molecule has 16 nitrogen and oxygen atoms in total. The van der Waals surface area contributed by atoms with Gasteiger partial charge in [0.1, 0.15) is 0 Å². The number of hydrogen-bond donors (Lipinski definition) is 6. The average Bonchev–Trinajstić information content (AvgIpc) is 3.80. The Labute approximate surface area is 303 Å². The zero-order valence-electron chi connectivity index (χ0n) is 30.7. The van der Waals surface area contributed by atoms with Crippen molar-refractivity contribution in [2.45, 2.75) is 91.6 Å². The molecule has 16 heteroatoms. The third kappa shape index (κ3) is 9.44. The van der Waals surface area contributed by atoms with E-state index in [1.807, 2.05) is 53.3 Å². The van der Waals surface area contributed by atoms with Gasteiger partial charge in [-0.25, -0.2) is 9.97 Å². The van der Waals surface area contributed by atoms with E-state index in [4.69, 9.17) is 0 Å². The van der Waals surface area contributed by atoms with Crippen molar-refractivity contribution in [3.63, 3.8) is 0 Å². The van der Waals surface area contributed by atoms with E-state index >= 15 is 0 Å². The second kappa shape index (κ2) is 18.1. The van der Waals surface area contributed by atoms with E-state index in [-0.39, 0.29) is 37.4 Å². The first kappa shape index (κ1) is 37.8. The second-order valence-electron chi connectivity index (χ2n) is 12.9. The van der Waals surface area contributed by atoms with Gasteiger partial charge >= 0.3 is 0 Å². The highest BCUT2D eigenvalue weighted by molar-refractivity contribution is 5.85. The summed E-state index contributed by atoms with van der Waals surface area (Å²) in [6.07, 6.45) is 10.4. The van der Waals surface area contributed by atoms with Crippen LogP contribution >= 0.6 is 0 Å². The van der Waals surface area contributed by atoms with Crippen molar-refractivity contribution >= 4 is 45.9 Å². The number of aliphatic hydroxyl groups is 2. The molecule has 0 saturated carbocycles. The molecule has 6 aromatic heterocycles. The zero-order chi connectivity index (χ0) is 37.0. The Hall–Kier alpha value is -5.48. The van der Waals surface area contributed by atoms with Gasteiger partial charge in [-0.2, -0.15) is 19.9 Å². The molecule has 276 valence electrons. The summed E-state index contributed by atoms with van der Waals surface area (Å²) >= 11 is 0. The number of pyridine rings is 2. The van der Waals surface area contributed by atoms with Gasteiger partial charge in [0.05, 0.1) is 50.2 Å². The average molecular weight is 711 g/mol. The van der Waals surface area contributed by atoms with Gasteiger partial charge in [-0.1, -0.05) is 19.9 Å². The number of imidazole rings is 2. The lowest BCUT2D eigenvalue weighted by Crippen LogP contribution is -2.24. The molecular formula is C36H50N14O2. The quantitative estimate of drug-likeness (QED) is 0.0766. The summed E-state index contributed by atoms with van der Waals surface area (Å²) in [5.74, 6) is 2.28. The molecule has 0 aromatic carbocycles. The van der Waals surface area contributed by atoms with Crippen molar-refractivity contribution < 1.29 is 10.2 Å². The van der Waals surface area contributed by atoms with Gasteiger partial charge in [0.25, 0.3) is 0 Å². The van der Waals surface area contributed by atoms with Gasteiger partial charge in [0, 0.05) is 37.2 Å². The molecule has 0 aliphatic carbocycles. The molecule has 0 aliphatic heterocycles. The first-order valence-electron chi connectivity index (χ1n) is 17.7. The van der Waals surface area contributed by atoms with E-state index in [1.54, 1.807) is 31.2 Å². The largest absolute Gasteiger partial charge is 0.394 e. The highest BCUT2D eigenvalue weighted by Gasteiger charge is 2.18. The van der Waals surface area contributed by atoms with Crippen LogP contribution in [-0.4, -0.2) is 84.5 Å². The predicted octanol–water partition coefficient (Wildman–Crippen LogP) is 5.19. The highest BCUT2D eigenvalue weighted by Crippen LogP contribution is 2.25. The fourth-order valence-electron chi connectivity index (χ4n) is 5.25. The van der Waals surface area contributed by atoms with Gasteiger partial charge in [-0.15, -0.1) is 0 Å². The molecular weight excluding hydrogens is 660 g/mol. The Balaban J connectivity index is 0.000000201. The van der Waals surface area contributed by atoms with Gasteiger partial charge in [0.2, 0.25) is 11.9 Å². The van der Waals surface area contributed by atoms with Crippen LogP contribution in [0.2, 0.25) is 0 Å². The Morgan fingerprint density at radius 1 is 0.635 bits per heavy atom. The molecule has 0 spiro atoms. The Morgan fingerprint density at radius 3 is 1.60 bits per heavy atom. The fraction of sp³-hybridized carbons (Fsp3) is 0.444. The van der Waals surface area contributed by atoms with E-state index in [0.717, 1.165) is 46.4 Å². The number of anilines is 4. The molecule has 2 atom stereocenters. The van der Waals surface area contributed by atoms with Crippen LogP contribution in [-0.2, 0) is 13.1 Å². The Morgan fingerprint density at radius 2 is 1.15 bits per heavy atom. The van der Waals surface area contributed by atoms with Gasteiger partial charge in [-0.3, -0.25) is 9.97 Å². The molecule has 0 amide bonds. The van der Waals surface area contributed by atoms with Crippen LogP contribution in [0.4, 0.5) is 23.5 Å². The van der Waals surface area contributed by atoms with E-state index in [9.17, 15) is 10.2 Å². The molecule has 52 heavy (non-hydrogen) atoms. The normalized spacial score (nSPS) is 12.5. The van der Waals surface area contributed by atoms with Crippen molar-refractivity contribution in [1.29, 1.82) is 0 Å². The van der Waals surface area contributed by atoms with Crippen LogP contribution in [0.25, 0.3) is 22.3 Å². The minimum absolute atomic E-state index is 0.0258. The molecule has 0 aliphatic rings. The van der Waals surface area contributed by atoms with E-state index in [0.29, 0.717) is 36.6 Å². The lowest BCUT2D eigenvalue weighted by Gasteiger charge is -2.16. The molecule has 0 fully saturated rings. The number of hydrogen-bond acceptors (Lipinski definition) is 14. The smallest absolute Gasteiger partial charge is 0.227 e. The Bertz CT molecular complexity index is 1830. The molecule has 0 radical (unpaired) electrons. The summed E-state index contributed by atoms with van der Waals surface area (Å²) in [4.78, 5) is 35.8. The summed E-state index contributed by atoms with van der Waals surface area (Å²) in [6.45, 7) is 13.6. The number of aromatic nitrogens is 10. The van der Waals surface area contributed by atoms with Crippen molar-refractivity contribution in [3.05, 3.63) is 72.8 Å². The minimum Gasteiger partial charge on any atom is -0.394 e. The number of nitrogens with zero attached hydrogens (tertiary/aromatic N) is 10. The summed E-state index contributed by atoms with van der Waals surface area (Å²) < 4.78 is 4.02. The van der Waals surface area contributed by atoms with Crippen LogP contribution in [0, 0.1) is 0 Å². The maximum absolute atomic E-state index is 9.47. The summed E-state index contributed by atoms with van der Waals surface area (Å²) in [5.41, 5.74) is 4.99. The lowest BCUT2D eigenvalue weighted by molar-refractivity contribution is 0.271. The van der Waals surface area contributed by atoms with Crippen molar-refractivity contribution in [2.75, 3.05) is 34.5 Å². The topological polar surface area (TPSA) is 202 Å². The van der Waals surface area contributed by atoms with Gasteiger partial charge in [-0.05, 0) is 70.4 Å². The van der Waals surface area contributed by atoms with Gasteiger partial charge < -0.3 is 40.6 Å². The standard InChI is InChI=1S/2C18H25N7O/c1-4-14(10-26)22-18-23-16(20-9-13-5-7-19-8-6-13)15-17(24-18)25(11-21-15)12(2)3;1-4-13(10-26)22-18-23-16(20-9-14-7-5-6-8-19-14)15-17(24-18)25(11-21-15)12(2)3/h5-8,11-12,14,26H,4,9-10H2,1-3H3,(H2,20,22,23,24);5-8,11-13,26H,4,9-10H2,1-3H3,(H2,20,22,23,24)/t14-;13-/m11/s1. The van der Waals surface area contributed by atoms with E-state index < -0.39 is 0 Å². The van der Waals surface area contributed by atoms with Crippen LogP contribution in [0.15, 0.2) is 61.6 Å². The maximum Gasteiger partial charge on any atom is 0.227 e. The maximum atomic E-state index is 9.47. The van der Waals surface area contributed by atoms with Gasteiger partial charge in [0.15, 0.2) is 34.0 Å². The number of rotatable bonds is 16. The molecule has 0 unspecified atom stereocenters. The molecule has 6 rings (SSSR count). The van der Waals surface area contributed by atoms with E-state index in [1.165, 1.54) is 0 Å². The van der Waals surface area contributed by atoms with Crippen molar-refractivity contribution in [2.24, 2.45) is 0 Å². The van der Waals surface area contributed by atoms with Crippen LogP contribution in [0.3, 0.4) is 0 Å². The second-order valence-corrected chi connectivity index (χ2v) is 12.9. The number of nitrogens with one attached hydrogen (secondary N) is 4. The molecule has 6 aromatic rings. The monoisotopic (exact) mass is 710 g/mol. The number of fused-ring (bicyclic) bond motifs is 2. The summed E-state index contributed by atoms with van der Waals surface area (Å²) in [7, 11) is 0. The third-order valence-electron chi connectivity index (χ3n) is 8.42. The SMILES string of the molecule is CC[C@H](CO)Nc1nc(NCc2ccccn2)c2ncn(C(C)C)c2n1.CC[C@H](CO)Nc1nc(NCc2ccncc2)c2ncn(C(C)C)c2n1. The molecule has 6 heterocycles. The number of aliphatic hydroxyl groups excluding tert-OH is 2. The van der Waals surface area contributed by atoms with E-state index in [2.05, 4.69) is 88.8 Å². The lowest BCUT2D eigenvalue weighted by atomic mass is 10.2. The molecule has 6 N–H and O–H groups in total. The van der Waals surface area contributed by atoms with Crippen LogP contribution in [0.1, 0.15) is 77.7 Å². The first-order chi connectivity index (χ1) is 25.2. The van der Waals surface area contributed by atoms with Crippen molar-refractivity contribution in [1.82, 2.24) is 49.0 Å². The summed E-state index contributed by atoms with van der Waals surface area (Å²) in [6, 6.07) is 9.98. The zero-order valence-corrected chi connectivity index (χ0v) is 30.7. The fourth-order valence-corrected chi connectivity index (χ4v) is 5.25. The minimum atomic E-state index is -0.0912. The van der Waals surface area contributed by atoms with Crippen LogP contribution in [0.5, 0.6) is 0 Å². The highest BCUT2D eigenvalue weighted by atomic mass is 16.3. The predicted molar refractivity (Wildman–Crippen MR) is 204 cm³/mol. The van der Waals surface area contributed by atoms with Crippen LogP contribution < -0.4 is 21.3 Å². The molecule has 0 saturated heterocycles. The third-order valence-corrected chi connectivity index (χ3v) is 8.42. The molecule has 0 bridgehead atoms. The first-order valence-corrected chi connectivity index (χ1v) is 17.7. The van der Waals surface area contributed by atoms with Crippen molar-refractivity contribution in [3.8, 4) is 0 Å². The Kier molecular flexibility index (Phi) is 13.2. The summed E-state index contributed by atoms with van der Waals surface area (Å²) in [5, 5.41) is 32.0.